The minimum Gasteiger partial charge on any atom is -0.146 e. The lowest BCUT2D eigenvalue weighted by Gasteiger charge is -1.93. The van der Waals surface area contributed by atoms with Crippen LogP contribution < -0.4 is 0 Å². The Balaban J connectivity index is 0. The second-order valence-electron chi connectivity index (χ2n) is 3.87. The Bertz CT molecular complexity index is 68.7. The standard InChI is InChI=1S/2C4H9.2C2H5.Al.Mg/c2*1-3-4-2;2*1-2;;/h2*1,3-4H2,2H3;2*1H2,2H3;;. The van der Waals surface area contributed by atoms with E-state index in [0.717, 1.165) is 15.2 Å². The van der Waals surface area contributed by atoms with E-state index in [-0.39, 0.29) is 0 Å². The molecule has 0 N–H and O–H groups in total. The van der Waals surface area contributed by atoms with E-state index < -0.39 is 0 Å². The van der Waals surface area contributed by atoms with Crippen molar-refractivity contribution in [3.63, 3.8) is 0 Å². The molecule has 0 spiro atoms. The first kappa shape index (κ1) is 17.7. The molecule has 0 unspecified atom stereocenters. The van der Waals surface area contributed by atoms with Crippen LogP contribution in [0.2, 0.25) is 19.7 Å². The van der Waals surface area contributed by atoms with Gasteiger partial charge in [0, 0.05) is 0 Å². The minimum absolute atomic E-state index is 0.389. The zero-order valence-electron chi connectivity index (χ0n) is 10.9. The molecule has 14 heavy (non-hydrogen) atoms. The third kappa shape index (κ3) is 23.3. The molecule has 0 aromatic rings. The van der Waals surface area contributed by atoms with E-state index in [1.54, 1.807) is 9.10 Å². The summed E-state index contributed by atoms with van der Waals surface area (Å²) >= 11 is 1.20. The Labute approximate surface area is 108 Å². The van der Waals surface area contributed by atoms with Gasteiger partial charge in [-0.2, -0.15) is 0 Å². The number of hydrogen-bond acceptors (Lipinski definition) is 0. The summed E-state index contributed by atoms with van der Waals surface area (Å²) in [6.45, 7) is 9.07. The maximum absolute atomic E-state index is 2.29. The van der Waals surface area contributed by atoms with Gasteiger partial charge in [0.15, 0.2) is 15.2 Å². The van der Waals surface area contributed by atoms with E-state index >= 15 is 0 Å². The highest BCUT2D eigenvalue weighted by Gasteiger charge is 1.92. The molecule has 0 heterocycles. The summed E-state index contributed by atoms with van der Waals surface area (Å²) in [5.41, 5.74) is 0. The van der Waals surface area contributed by atoms with Crippen molar-refractivity contribution in [2.45, 2.75) is 73.0 Å². The van der Waals surface area contributed by atoms with E-state index in [9.17, 15) is 0 Å². The second-order valence-corrected chi connectivity index (χ2v) is 8.20. The highest BCUT2D eigenvalue weighted by atomic mass is 27.1. The third-order valence-electron chi connectivity index (χ3n) is 2.28. The van der Waals surface area contributed by atoms with Crippen molar-refractivity contribution in [3.05, 3.63) is 0 Å². The van der Waals surface area contributed by atoms with Gasteiger partial charge >= 0.3 is 20.4 Å². The normalized spacial score (nSPS) is 8.57. The summed E-state index contributed by atoms with van der Waals surface area (Å²) in [6, 6.07) is 0. The van der Waals surface area contributed by atoms with Crippen molar-refractivity contribution in [2.75, 3.05) is 0 Å². The Hall–Kier alpha value is 1.30. The van der Waals surface area contributed by atoms with Crippen LogP contribution in [0.4, 0.5) is 0 Å². The van der Waals surface area contributed by atoms with Gasteiger partial charge in [-0.05, 0) is 0 Å². The SMILES string of the molecule is CCC[CH2][Mg][CH2]CCC.C[CH2][Al][CH2]C. The molecule has 0 bridgehead atoms. The van der Waals surface area contributed by atoms with E-state index in [0.29, 0.717) is 20.4 Å². The molecule has 0 aliphatic rings. The molecule has 0 aromatic carbocycles. The monoisotopic (exact) mass is 223 g/mol. The Morgan fingerprint density at radius 2 is 1.21 bits per heavy atom. The van der Waals surface area contributed by atoms with Crippen molar-refractivity contribution in [2.24, 2.45) is 0 Å². The molecule has 0 saturated heterocycles. The van der Waals surface area contributed by atoms with Crippen molar-refractivity contribution < 1.29 is 0 Å². The molecule has 0 aliphatic heterocycles. The first-order valence-electron chi connectivity index (χ1n) is 6.64. The first-order valence-corrected chi connectivity index (χ1v) is 10.3. The van der Waals surface area contributed by atoms with Gasteiger partial charge in [0.25, 0.3) is 0 Å². The van der Waals surface area contributed by atoms with Crippen molar-refractivity contribution >= 4 is 35.6 Å². The molecule has 0 aliphatic carbocycles. The lowest BCUT2D eigenvalue weighted by atomic mass is 10.4. The first-order chi connectivity index (χ1) is 6.83. The fraction of sp³-hybridized carbons (Fsp3) is 1.00. The van der Waals surface area contributed by atoms with Crippen molar-refractivity contribution in [3.8, 4) is 0 Å². The Morgan fingerprint density at radius 1 is 0.786 bits per heavy atom. The predicted molar refractivity (Wildman–Crippen MR) is 71.9 cm³/mol. The van der Waals surface area contributed by atoms with E-state index in [1.807, 2.05) is 0 Å². The molecule has 81 valence electrons. The lowest BCUT2D eigenvalue weighted by molar-refractivity contribution is 0.851. The van der Waals surface area contributed by atoms with Gasteiger partial charge in [0.1, 0.15) is 0 Å². The fourth-order valence-electron chi connectivity index (χ4n) is 1.32. The van der Waals surface area contributed by atoms with Crippen LogP contribution in [0, 0.1) is 0 Å². The average molecular weight is 224 g/mol. The van der Waals surface area contributed by atoms with Crippen LogP contribution in [0.1, 0.15) is 53.4 Å². The molecular weight excluding hydrogens is 195 g/mol. The Kier molecular flexibility index (Phi) is 25.0. The van der Waals surface area contributed by atoms with Crippen LogP contribution in [0.3, 0.4) is 0 Å². The van der Waals surface area contributed by atoms with Crippen LogP contribution in [-0.4, -0.2) is 35.6 Å². The average Bonchev–Trinajstić information content (AvgIpc) is 2.20. The van der Waals surface area contributed by atoms with Crippen LogP contribution >= 0.6 is 0 Å². The lowest BCUT2D eigenvalue weighted by Crippen LogP contribution is -1.87. The summed E-state index contributed by atoms with van der Waals surface area (Å²) < 4.78 is 3.19. The zero-order valence-corrected chi connectivity index (χ0v) is 13.5. The summed E-state index contributed by atoms with van der Waals surface area (Å²) in [5, 5.41) is 2.85. The van der Waals surface area contributed by atoms with E-state index in [2.05, 4.69) is 27.7 Å². The maximum atomic E-state index is 2.29. The van der Waals surface area contributed by atoms with Gasteiger partial charge in [-0.1, -0.05) is 53.4 Å². The van der Waals surface area contributed by atoms with Crippen LogP contribution in [0.15, 0.2) is 0 Å². The number of hydrogen-bond donors (Lipinski definition) is 0. The predicted octanol–water partition coefficient (Wildman–Crippen LogP) is 4.69. The van der Waals surface area contributed by atoms with Gasteiger partial charge in [-0.15, -0.1) is 19.7 Å². The molecule has 1 radical (unpaired) electrons. The molecule has 0 atom stereocenters. The highest BCUT2D eigenvalue weighted by molar-refractivity contribution is 6.35. The molecular formula is C12H28AlMg. The molecule has 0 fully saturated rings. The molecule has 0 saturated carbocycles. The highest BCUT2D eigenvalue weighted by Crippen LogP contribution is 1.99. The summed E-state index contributed by atoms with van der Waals surface area (Å²) in [5.74, 6) is 0. The summed E-state index contributed by atoms with van der Waals surface area (Å²) in [6.07, 6.45) is 5.80. The molecule has 0 nitrogen and oxygen atoms in total. The van der Waals surface area contributed by atoms with Crippen LogP contribution in [0.25, 0.3) is 0 Å². The number of rotatable bonds is 8. The smallest absolute Gasteiger partial charge is 0.146 e. The van der Waals surface area contributed by atoms with Gasteiger partial charge in [0.2, 0.25) is 0 Å². The van der Waals surface area contributed by atoms with E-state index in [1.165, 1.54) is 36.2 Å². The molecule has 0 aromatic heterocycles. The van der Waals surface area contributed by atoms with Gasteiger partial charge in [0.05, 0.1) is 0 Å². The molecule has 2 heteroatoms. The van der Waals surface area contributed by atoms with Gasteiger partial charge in [-0.25, -0.2) is 0 Å². The van der Waals surface area contributed by atoms with Crippen LogP contribution in [-0.2, 0) is 0 Å². The third-order valence-corrected chi connectivity index (χ3v) is 5.44. The minimum atomic E-state index is 0.389. The van der Waals surface area contributed by atoms with Gasteiger partial charge < -0.3 is 0 Å². The van der Waals surface area contributed by atoms with Crippen LogP contribution in [0.5, 0.6) is 0 Å². The fourth-order valence-corrected chi connectivity index (χ4v) is 3.96. The van der Waals surface area contributed by atoms with Gasteiger partial charge in [-0.3, -0.25) is 0 Å². The van der Waals surface area contributed by atoms with Crippen molar-refractivity contribution in [1.82, 2.24) is 0 Å². The maximum Gasteiger partial charge on any atom is 0.364 e. The summed E-state index contributed by atoms with van der Waals surface area (Å²) in [4.78, 5) is 0. The van der Waals surface area contributed by atoms with Crippen molar-refractivity contribution in [1.29, 1.82) is 0 Å². The summed E-state index contributed by atoms with van der Waals surface area (Å²) in [7, 11) is 0. The largest absolute Gasteiger partial charge is 0.364 e. The number of unbranched alkanes of at least 4 members (excludes halogenated alkanes) is 2. The van der Waals surface area contributed by atoms with E-state index in [4.69, 9.17) is 0 Å². The topological polar surface area (TPSA) is 0 Å². The quantitative estimate of drug-likeness (QED) is 0.414. The molecule has 0 rings (SSSR count). The zero-order chi connectivity index (χ0) is 11.1. The second kappa shape index (κ2) is 19.8. The Morgan fingerprint density at radius 3 is 1.43 bits per heavy atom. The molecule has 0 amide bonds.